The smallest absolute Gasteiger partial charge is 0.255 e. The van der Waals surface area contributed by atoms with Gasteiger partial charge in [0.05, 0.1) is 17.1 Å². The molecule has 0 radical (unpaired) electrons. The van der Waals surface area contributed by atoms with Crippen molar-refractivity contribution in [3.63, 3.8) is 0 Å². The third-order valence-corrected chi connectivity index (χ3v) is 4.90. The van der Waals surface area contributed by atoms with Crippen LogP contribution in [-0.2, 0) is 15.6 Å². The molecule has 0 aliphatic carbocycles. The van der Waals surface area contributed by atoms with E-state index in [-0.39, 0.29) is 11.7 Å². The van der Waals surface area contributed by atoms with Gasteiger partial charge in [0.2, 0.25) is 0 Å². The number of anilines is 1. The lowest BCUT2D eigenvalue weighted by Crippen LogP contribution is -2.14. The van der Waals surface area contributed by atoms with Crippen LogP contribution in [0.2, 0.25) is 0 Å². The van der Waals surface area contributed by atoms with E-state index in [0.717, 1.165) is 17.1 Å². The summed E-state index contributed by atoms with van der Waals surface area (Å²) in [6, 6.07) is 16.0. The first-order chi connectivity index (χ1) is 12.7. The largest absolute Gasteiger partial charge is 0.322 e. The number of rotatable bonds is 5. The lowest BCUT2D eigenvalue weighted by molar-refractivity contribution is 0.102. The fraction of sp³-hybridized carbons (Fsp3) is 0.200. The molecule has 27 heavy (non-hydrogen) atoms. The van der Waals surface area contributed by atoms with Crippen LogP contribution in [0.5, 0.6) is 0 Å². The zero-order valence-electron chi connectivity index (χ0n) is 15.4. The Morgan fingerprint density at radius 3 is 2.33 bits per heavy atom. The molecule has 140 valence electrons. The summed E-state index contributed by atoms with van der Waals surface area (Å²) in [6.45, 7) is 3.90. The predicted octanol–water partition coefficient (Wildman–Crippen LogP) is 3.29. The number of aryl methyl sites for hydroxylation is 2. The van der Waals surface area contributed by atoms with Gasteiger partial charge >= 0.3 is 0 Å². The van der Waals surface area contributed by atoms with E-state index in [4.69, 9.17) is 0 Å². The Hall–Kier alpha value is -2.93. The van der Waals surface area contributed by atoms with E-state index in [1.807, 2.05) is 36.7 Å². The maximum atomic E-state index is 12.6. The predicted molar refractivity (Wildman–Crippen MR) is 106 cm³/mol. The van der Waals surface area contributed by atoms with Crippen molar-refractivity contribution in [2.75, 3.05) is 11.6 Å². The molecule has 6 nitrogen and oxygen atoms in total. The van der Waals surface area contributed by atoms with Crippen molar-refractivity contribution in [3.05, 3.63) is 77.1 Å². The van der Waals surface area contributed by atoms with Crippen molar-refractivity contribution in [2.45, 2.75) is 19.6 Å². The van der Waals surface area contributed by atoms with Crippen LogP contribution >= 0.6 is 0 Å². The number of carbonyl (C=O) groups excluding carboxylic acids is 1. The zero-order valence-corrected chi connectivity index (χ0v) is 16.2. The number of hydrogen-bond donors (Lipinski definition) is 1. The Labute approximate surface area is 158 Å². The van der Waals surface area contributed by atoms with Gasteiger partial charge in [0, 0.05) is 23.2 Å². The molecule has 0 bridgehead atoms. The molecule has 0 unspecified atom stereocenters. The van der Waals surface area contributed by atoms with Crippen LogP contribution in [0.3, 0.4) is 0 Å². The molecule has 0 aliphatic heterocycles. The van der Waals surface area contributed by atoms with E-state index >= 15 is 0 Å². The zero-order chi connectivity index (χ0) is 19.6. The summed E-state index contributed by atoms with van der Waals surface area (Å²) in [5.41, 5.74) is 4.35. The van der Waals surface area contributed by atoms with Crippen LogP contribution in [0.25, 0.3) is 5.69 Å². The van der Waals surface area contributed by atoms with Gasteiger partial charge in [-0.25, -0.2) is 13.1 Å². The number of hydrogen-bond acceptors (Lipinski definition) is 4. The Bertz CT molecular complexity index is 1080. The third-order valence-electron chi connectivity index (χ3n) is 4.07. The highest BCUT2D eigenvalue weighted by Crippen LogP contribution is 2.19. The average Bonchev–Trinajstić information content (AvgIpc) is 2.94. The molecule has 3 aromatic rings. The summed E-state index contributed by atoms with van der Waals surface area (Å²) >= 11 is 0. The van der Waals surface area contributed by atoms with Gasteiger partial charge in [-0.05, 0) is 55.8 Å². The minimum atomic E-state index is -3.20. The van der Waals surface area contributed by atoms with E-state index in [1.165, 1.54) is 6.26 Å². The number of amides is 1. The molecule has 0 fully saturated rings. The molecule has 0 atom stereocenters. The van der Waals surface area contributed by atoms with Crippen LogP contribution in [0.1, 0.15) is 27.3 Å². The van der Waals surface area contributed by atoms with Crippen molar-refractivity contribution in [2.24, 2.45) is 0 Å². The summed E-state index contributed by atoms with van der Waals surface area (Å²) < 4.78 is 25.0. The van der Waals surface area contributed by atoms with Gasteiger partial charge in [0.1, 0.15) is 0 Å². The number of nitrogens with one attached hydrogen (secondary N) is 1. The monoisotopic (exact) mass is 383 g/mol. The fourth-order valence-corrected chi connectivity index (χ4v) is 3.71. The van der Waals surface area contributed by atoms with Crippen molar-refractivity contribution in [1.82, 2.24) is 9.78 Å². The first-order valence-corrected chi connectivity index (χ1v) is 10.5. The molecule has 3 rings (SSSR count). The number of para-hydroxylation sites is 1. The third kappa shape index (κ3) is 4.62. The number of nitrogens with zero attached hydrogens (tertiary/aromatic N) is 2. The molecule has 1 N–H and O–H groups in total. The van der Waals surface area contributed by atoms with E-state index in [1.54, 1.807) is 36.4 Å². The Morgan fingerprint density at radius 2 is 1.74 bits per heavy atom. The number of carbonyl (C=O) groups is 1. The second kappa shape index (κ2) is 7.36. The highest BCUT2D eigenvalue weighted by atomic mass is 32.2. The van der Waals surface area contributed by atoms with E-state index in [9.17, 15) is 13.2 Å². The molecule has 0 saturated carbocycles. The van der Waals surface area contributed by atoms with Crippen molar-refractivity contribution in [3.8, 4) is 5.69 Å². The molecule has 2 aromatic carbocycles. The highest BCUT2D eigenvalue weighted by Gasteiger charge is 2.13. The van der Waals surface area contributed by atoms with Gasteiger partial charge in [-0.15, -0.1) is 0 Å². The second-order valence-electron chi connectivity index (χ2n) is 6.57. The highest BCUT2D eigenvalue weighted by molar-refractivity contribution is 7.89. The van der Waals surface area contributed by atoms with Crippen LogP contribution in [0, 0.1) is 13.8 Å². The standard InChI is InChI=1S/C20H21N3O3S/c1-14-12-15(2)23(22-14)18-10-8-16(9-11-18)20(24)21-19-7-5-4-6-17(19)13-27(3,25)26/h4-12H,13H2,1-3H3,(H,21,24). The summed E-state index contributed by atoms with van der Waals surface area (Å²) in [4.78, 5) is 12.6. The molecule has 1 heterocycles. The lowest BCUT2D eigenvalue weighted by atomic mass is 10.1. The SMILES string of the molecule is Cc1cc(C)n(-c2ccc(C(=O)Nc3ccccc3CS(C)(=O)=O)cc2)n1. The number of aromatic nitrogens is 2. The van der Waals surface area contributed by atoms with Crippen LogP contribution < -0.4 is 5.32 Å². The quantitative estimate of drug-likeness (QED) is 0.733. The normalized spacial score (nSPS) is 11.4. The number of benzene rings is 2. The topological polar surface area (TPSA) is 81.1 Å². The minimum absolute atomic E-state index is 0.125. The molecule has 0 spiro atoms. The maximum Gasteiger partial charge on any atom is 0.255 e. The van der Waals surface area contributed by atoms with Crippen molar-refractivity contribution < 1.29 is 13.2 Å². The van der Waals surface area contributed by atoms with Crippen LogP contribution in [0.15, 0.2) is 54.6 Å². The van der Waals surface area contributed by atoms with Crippen LogP contribution in [0.4, 0.5) is 5.69 Å². The molecule has 7 heteroatoms. The first-order valence-electron chi connectivity index (χ1n) is 8.43. The maximum absolute atomic E-state index is 12.6. The second-order valence-corrected chi connectivity index (χ2v) is 8.71. The van der Waals surface area contributed by atoms with Gasteiger partial charge in [-0.1, -0.05) is 18.2 Å². The van der Waals surface area contributed by atoms with Gasteiger partial charge in [-0.2, -0.15) is 5.10 Å². The molecular weight excluding hydrogens is 362 g/mol. The summed E-state index contributed by atoms with van der Waals surface area (Å²) in [5, 5.41) is 7.23. The number of sulfone groups is 1. The molecule has 0 saturated heterocycles. The van der Waals surface area contributed by atoms with Gasteiger partial charge < -0.3 is 5.32 Å². The Kier molecular flexibility index (Phi) is 5.14. The van der Waals surface area contributed by atoms with E-state index < -0.39 is 9.84 Å². The van der Waals surface area contributed by atoms with Crippen molar-refractivity contribution in [1.29, 1.82) is 0 Å². The summed E-state index contributed by atoms with van der Waals surface area (Å²) in [6.07, 6.45) is 1.17. The summed E-state index contributed by atoms with van der Waals surface area (Å²) in [7, 11) is -3.20. The lowest BCUT2D eigenvalue weighted by Gasteiger charge is -2.11. The molecular formula is C20H21N3O3S. The Balaban J connectivity index is 1.81. The Morgan fingerprint density at radius 1 is 1.07 bits per heavy atom. The van der Waals surface area contributed by atoms with Crippen molar-refractivity contribution >= 4 is 21.4 Å². The summed E-state index contributed by atoms with van der Waals surface area (Å²) in [5.74, 6) is -0.420. The first kappa shape index (κ1) is 18.8. The van der Waals surface area contributed by atoms with Crippen LogP contribution in [-0.4, -0.2) is 30.4 Å². The molecule has 1 amide bonds. The van der Waals surface area contributed by atoms with Gasteiger partial charge in [0.15, 0.2) is 9.84 Å². The molecule has 0 aliphatic rings. The fourth-order valence-electron chi connectivity index (χ4n) is 2.89. The van der Waals surface area contributed by atoms with E-state index in [0.29, 0.717) is 16.8 Å². The van der Waals surface area contributed by atoms with Gasteiger partial charge in [0.25, 0.3) is 5.91 Å². The molecule has 1 aromatic heterocycles. The minimum Gasteiger partial charge on any atom is -0.322 e. The van der Waals surface area contributed by atoms with E-state index in [2.05, 4.69) is 10.4 Å². The average molecular weight is 383 g/mol. The van der Waals surface area contributed by atoms with Gasteiger partial charge in [-0.3, -0.25) is 4.79 Å².